The summed E-state index contributed by atoms with van der Waals surface area (Å²) < 4.78 is 0. The van der Waals surface area contributed by atoms with E-state index in [1.165, 1.54) is 0 Å². The first-order valence-electron chi connectivity index (χ1n) is 5.78. The van der Waals surface area contributed by atoms with Crippen LogP contribution in [0.25, 0.3) is 22.0 Å². The summed E-state index contributed by atoms with van der Waals surface area (Å²) in [6.45, 7) is 0. The van der Waals surface area contributed by atoms with Crippen LogP contribution >= 0.6 is 22.6 Å². The fourth-order valence-electron chi connectivity index (χ4n) is 1.90. The Morgan fingerprint density at radius 2 is 1.68 bits per heavy atom. The minimum Gasteiger partial charge on any atom is -0.383 e. The van der Waals surface area contributed by atoms with E-state index in [1.807, 2.05) is 47.4 Å². The van der Waals surface area contributed by atoms with Crippen molar-refractivity contribution >= 4 is 39.2 Å². The molecule has 2 N–H and O–H groups in total. The highest BCUT2D eigenvalue weighted by Crippen LogP contribution is 2.25. The molecule has 2 heterocycles. The molecule has 3 nitrogen and oxygen atoms in total. The number of alkyl halides is 1. The van der Waals surface area contributed by atoms with Crippen molar-refractivity contribution in [2.24, 2.45) is 0 Å². The highest BCUT2D eigenvalue weighted by molar-refractivity contribution is 14.1. The Morgan fingerprint density at radius 3 is 2.42 bits per heavy atom. The first-order chi connectivity index (χ1) is 9.34. The molecule has 0 saturated carbocycles. The molecule has 0 fully saturated rings. The second-order valence-electron chi connectivity index (χ2n) is 3.85. The highest BCUT2D eigenvalue weighted by Gasteiger charge is 2.04. The quantitative estimate of drug-likeness (QED) is 0.527. The van der Waals surface area contributed by atoms with Crippen molar-refractivity contribution < 1.29 is 0 Å². The van der Waals surface area contributed by atoms with E-state index >= 15 is 0 Å². The van der Waals surface area contributed by atoms with Crippen molar-refractivity contribution in [3.8, 4) is 11.3 Å². The fourth-order valence-corrected chi connectivity index (χ4v) is 1.90. The molecule has 3 rings (SSSR count). The van der Waals surface area contributed by atoms with E-state index in [0.29, 0.717) is 5.82 Å². The molecule has 0 aliphatic rings. The number of fused-ring (bicyclic) bond motifs is 1. The summed E-state index contributed by atoms with van der Waals surface area (Å²) in [6, 6.07) is 13.9. The largest absolute Gasteiger partial charge is 0.383 e. The predicted octanol–water partition coefficient (Wildman–Crippen LogP) is 3.93. The number of pyridine rings is 2. The van der Waals surface area contributed by atoms with Crippen LogP contribution in [0.4, 0.5) is 5.82 Å². The van der Waals surface area contributed by atoms with Crippen molar-refractivity contribution in [1.29, 1.82) is 0 Å². The Balaban J connectivity index is 0.000000637. The number of anilines is 1. The molecule has 0 aliphatic heterocycles. The van der Waals surface area contributed by atoms with Gasteiger partial charge in [-0.05, 0) is 28.5 Å². The van der Waals surface area contributed by atoms with Crippen LogP contribution < -0.4 is 5.73 Å². The smallest absolute Gasteiger partial charge is 0.131 e. The van der Waals surface area contributed by atoms with Crippen LogP contribution in [0.2, 0.25) is 0 Å². The Kier molecular flexibility index (Phi) is 4.68. The van der Waals surface area contributed by atoms with Crippen LogP contribution in [0.1, 0.15) is 0 Å². The zero-order valence-electron chi connectivity index (χ0n) is 10.5. The predicted molar refractivity (Wildman–Crippen MR) is 89.3 cm³/mol. The number of nitrogens with two attached hydrogens (primary N) is 1. The summed E-state index contributed by atoms with van der Waals surface area (Å²) in [5, 5.41) is 2.09. The lowest BCUT2D eigenvalue weighted by molar-refractivity contribution is 1.30. The average Bonchev–Trinajstić information content (AvgIpc) is 2.50. The summed E-state index contributed by atoms with van der Waals surface area (Å²) in [4.78, 5) is 10.4. The minimum absolute atomic E-state index is 0.565. The fraction of sp³-hybridized carbons (Fsp3) is 0.0667. The van der Waals surface area contributed by atoms with E-state index in [1.54, 1.807) is 12.4 Å². The van der Waals surface area contributed by atoms with E-state index in [0.717, 1.165) is 22.0 Å². The molecule has 0 saturated heterocycles. The van der Waals surface area contributed by atoms with Gasteiger partial charge in [0.05, 0.1) is 5.69 Å². The molecule has 4 heteroatoms. The third kappa shape index (κ3) is 3.01. The third-order valence-electron chi connectivity index (χ3n) is 2.75. The normalized spacial score (nSPS) is 9.79. The second kappa shape index (κ2) is 6.47. The van der Waals surface area contributed by atoms with Gasteiger partial charge in [0.1, 0.15) is 5.82 Å². The van der Waals surface area contributed by atoms with Gasteiger partial charge < -0.3 is 5.73 Å². The Labute approximate surface area is 126 Å². The Morgan fingerprint density at radius 1 is 1.00 bits per heavy atom. The van der Waals surface area contributed by atoms with Gasteiger partial charge in [0.2, 0.25) is 0 Å². The number of benzene rings is 1. The number of aromatic nitrogens is 2. The van der Waals surface area contributed by atoms with Crippen molar-refractivity contribution in [3.05, 3.63) is 54.9 Å². The first-order valence-corrected chi connectivity index (χ1v) is 7.94. The van der Waals surface area contributed by atoms with Crippen LogP contribution in [0.3, 0.4) is 0 Å². The molecule has 0 atom stereocenters. The van der Waals surface area contributed by atoms with Crippen LogP contribution in [0.15, 0.2) is 54.9 Å². The summed E-state index contributed by atoms with van der Waals surface area (Å²) in [5.41, 5.74) is 7.87. The molecule has 96 valence electrons. The van der Waals surface area contributed by atoms with Gasteiger partial charge >= 0.3 is 0 Å². The SMILES string of the molecule is CI.Nc1nc(-c2ccncc2)cc2ccccc12. The van der Waals surface area contributed by atoms with Gasteiger partial charge in [-0.3, -0.25) is 4.98 Å². The molecule has 0 radical (unpaired) electrons. The molecule has 0 amide bonds. The van der Waals surface area contributed by atoms with E-state index in [2.05, 4.69) is 32.6 Å². The van der Waals surface area contributed by atoms with E-state index in [-0.39, 0.29) is 0 Å². The van der Waals surface area contributed by atoms with Gasteiger partial charge in [-0.1, -0.05) is 46.9 Å². The maximum Gasteiger partial charge on any atom is 0.131 e. The van der Waals surface area contributed by atoms with Crippen molar-refractivity contribution in [2.75, 3.05) is 10.7 Å². The number of hydrogen-bond donors (Lipinski definition) is 1. The molecule has 3 aromatic rings. The van der Waals surface area contributed by atoms with Gasteiger partial charge in [0.15, 0.2) is 0 Å². The molecule has 0 bridgehead atoms. The number of halogens is 1. The lowest BCUT2D eigenvalue weighted by Gasteiger charge is -2.05. The number of rotatable bonds is 1. The second-order valence-corrected chi connectivity index (χ2v) is 3.85. The molecular formula is C15H14IN3. The minimum atomic E-state index is 0.565. The molecular weight excluding hydrogens is 349 g/mol. The summed E-state index contributed by atoms with van der Waals surface area (Å²) >= 11 is 2.15. The van der Waals surface area contributed by atoms with Gasteiger partial charge in [-0.2, -0.15) is 0 Å². The monoisotopic (exact) mass is 363 g/mol. The van der Waals surface area contributed by atoms with Gasteiger partial charge in [0.25, 0.3) is 0 Å². The molecule has 0 unspecified atom stereocenters. The van der Waals surface area contributed by atoms with Crippen LogP contribution in [0.5, 0.6) is 0 Å². The van der Waals surface area contributed by atoms with Gasteiger partial charge in [-0.25, -0.2) is 4.98 Å². The third-order valence-corrected chi connectivity index (χ3v) is 2.75. The molecule has 1 aromatic carbocycles. The lowest BCUT2D eigenvalue weighted by Crippen LogP contribution is -1.94. The average molecular weight is 363 g/mol. The van der Waals surface area contributed by atoms with Crippen LogP contribution in [0, 0.1) is 0 Å². The van der Waals surface area contributed by atoms with Gasteiger partial charge in [-0.15, -0.1) is 0 Å². The van der Waals surface area contributed by atoms with Crippen LogP contribution in [-0.2, 0) is 0 Å². The zero-order chi connectivity index (χ0) is 13.7. The highest BCUT2D eigenvalue weighted by atomic mass is 127. The summed E-state index contributed by atoms with van der Waals surface area (Å²) in [6.07, 6.45) is 3.50. The molecule has 2 aromatic heterocycles. The van der Waals surface area contributed by atoms with Crippen molar-refractivity contribution in [1.82, 2.24) is 9.97 Å². The number of nitrogens with zero attached hydrogens (tertiary/aromatic N) is 2. The zero-order valence-corrected chi connectivity index (χ0v) is 12.7. The topological polar surface area (TPSA) is 51.8 Å². The lowest BCUT2D eigenvalue weighted by atomic mass is 10.1. The maximum atomic E-state index is 5.97. The van der Waals surface area contributed by atoms with E-state index in [9.17, 15) is 0 Å². The first kappa shape index (κ1) is 13.7. The molecule has 0 aliphatic carbocycles. The molecule has 19 heavy (non-hydrogen) atoms. The Bertz CT molecular complexity index is 669. The van der Waals surface area contributed by atoms with E-state index in [4.69, 9.17) is 5.73 Å². The number of hydrogen-bond acceptors (Lipinski definition) is 3. The number of nitrogen functional groups attached to an aromatic ring is 1. The van der Waals surface area contributed by atoms with Crippen molar-refractivity contribution in [3.63, 3.8) is 0 Å². The maximum absolute atomic E-state index is 5.97. The Hall–Kier alpha value is -1.69. The standard InChI is InChI=1S/C14H11N3.CH3I/c15-14-12-4-2-1-3-11(12)9-13(17-14)10-5-7-16-8-6-10;1-2/h1-9H,(H2,15,17);1H3. The summed E-state index contributed by atoms with van der Waals surface area (Å²) in [5.74, 6) is 0.565. The van der Waals surface area contributed by atoms with Crippen molar-refractivity contribution in [2.45, 2.75) is 0 Å². The molecule has 0 spiro atoms. The summed E-state index contributed by atoms with van der Waals surface area (Å²) in [7, 11) is 0. The van der Waals surface area contributed by atoms with Crippen LogP contribution in [-0.4, -0.2) is 14.9 Å². The van der Waals surface area contributed by atoms with E-state index < -0.39 is 0 Å². The van der Waals surface area contributed by atoms with Gasteiger partial charge in [0, 0.05) is 23.3 Å².